The summed E-state index contributed by atoms with van der Waals surface area (Å²) in [6, 6.07) is 4.65. The number of benzene rings is 1. The quantitative estimate of drug-likeness (QED) is 0.707. The van der Waals surface area contributed by atoms with Gasteiger partial charge in [-0.15, -0.1) is 0 Å². The van der Waals surface area contributed by atoms with Crippen LogP contribution in [0.4, 0.5) is 27.6 Å². The van der Waals surface area contributed by atoms with E-state index in [1.54, 1.807) is 0 Å². The molecule has 1 aromatic carbocycles. The van der Waals surface area contributed by atoms with Crippen LogP contribution < -0.4 is 11.1 Å². The Balaban J connectivity index is 1.94. The van der Waals surface area contributed by atoms with Crippen molar-refractivity contribution in [3.05, 3.63) is 58.9 Å². The molecule has 31 heavy (non-hydrogen) atoms. The van der Waals surface area contributed by atoms with Crippen LogP contribution in [0.5, 0.6) is 0 Å². The van der Waals surface area contributed by atoms with Gasteiger partial charge in [0.2, 0.25) is 5.60 Å². The van der Waals surface area contributed by atoms with Crippen molar-refractivity contribution in [3.8, 4) is 0 Å². The Morgan fingerprint density at radius 2 is 1.90 bits per heavy atom. The number of nitrogens with two attached hydrogens (primary N) is 1. The van der Waals surface area contributed by atoms with E-state index < -0.39 is 47.3 Å². The fourth-order valence-electron chi connectivity index (χ4n) is 3.11. The number of carbonyl (C=O) groups excluding carboxylic acids is 1. The van der Waals surface area contributed by atoms with Gasteiger partial charge in [0, 0.05) is 11.3 Å². The van der Waals surface area contributed by atoms with Crippen molar-refractivity contribution in [2.24, 2.45) is 10.7 Å². The molecule has 0 aliphatic carbocycles. The summed E-state index contributed by atoms with van der Waals surface area (Å²) in [7, 11) is 0. The predicted molar refractivity (Wildman–Crippen MR) is 103 cm³/mol. The van der Waals surface area contributed by atoms with E-state index in [0.29, 0.717) is 0 Å². The fourth-order valence-corrected chi connectivity index (χ4v) is 3.11. The standard InChI is InChI=1S/C20H19F5N4O2/c1-10-6-11(21)8-27-15(10)16(30)28-12-4-5-14(22)13(7-12)18(2)9-31-19(3,17(26)29-18)20(23,24)25/h4-8H,9H2,1-3H3,(H2,26,29)(H,28,30)/t18-,19+/m0/s1. The zero-order valence-electron chi connectivity index (χ0n) is 16.8. The minimum Gasteiger partial charge on any atom is -0.385 e. The molecule has 1 amide bonds. The summed E-state index contributed by atoms with van der Waals surface area (Å²) in [5.74, 6) is -2.89. The van der Waals surface area contributed by atoms with Crippen LogP contribution in [-0.2, 0) is 10.3 Å². The molecular formula is C20H19F5N4O2. The van der Waals surface area contributed by atoms with Crippen LogP contribution in [0, 0.1) is 18.6 Å². The second kappa shape index (κ2) is 7.56. The highest BCUT2D eigenvalue weighted by Gasteiger charge is 2.59. The maximum Gasteiger partial charge on any atom is 0.424 e. The second-order valence-electron chi connectivity index (χ2n) is 7.56. The van der Waals surface area contributed by atoms with Gasteiger partial charge in [-0.05, 0) is 50.6 Å². The molecule has 166 valence electrons. The zero-order valence-corrected chi connectivity index (χ0v) is 16.8. The van der Waals surface area contributed by atoms with Crippen molar-refractivity contribution in [2.45, 2.75) is 38.1 Å². The molecule has 0 unspecified atom stereocenters. The van der Waals surface area contributed by atoms with Gasteiger partial charge in [-0.2, -0.15) is 13.2 Å². The molecule has 2 atom stereocenters. The third kappa shape index (κ3) is 4.09. The lowest BCUT2D eigenvalue weighted by Gasteiger charge is -2.41. The van der Waals surface area contributed by atoms with E-state index in [0.717, 1.165) is 25.3 Å². The van der Waals surface area contributed by atoms with Gasteiger partial charge < -0.3 is 15.8 Å². The first-order chi connectivity index (χ1) is 14.3. The van der Waals surface area contributed by atoms with E-state index in [1.165, 1.54) is 26.0 Å². The molecule has 0 saturated heterocycles. The number of amidine groups is 1. The summed E-state index contributed by atoms with van der Waals surface area (Å²) in [6.07, 6.45) is -3.93. The normalized spacial score (nSPS) is 23.9. The van der Waals surface area contributed by atoms with Crippen LogP contribution in [0.3, 0.4) is 0 Å². The number of nitrogens with zero attached hydrogens (tertiary/aromatic N) is 2. The number of alkyl halides is 3. The van der Waals surface area contributed by atoms with Crippen LogP contribution in [0.15, 0.2) is 35.5 Å². The number of aryl methyl sites for hydroxylation is 1. The number of hydrogen-bond donors (Lipinski definition) is 2. The molecule has 0 saturated carbocycles. The number of nitrogens with one attached hydrogen (secondary N) is 1. The van der Waals surface area contributed by atoms with Crippen LogP contribution in [0.25, 0.3) is 0 Å². The number of aliphatic imine (C=N–C) groups is 1. The summed E-state index contributed by atoms with van der Waals surface area (Å²) >= 11 is 0. The summed E-state index contributed by atoms with van der Waals surface area (Å²) in [6.45, 7) is 3.01. The zero-order chi connectivity index (χ0) is 23.2. The van der Waals surface area contributed by atoms with Crippen molar-refractivity contribution in [2.75, 3.05) is 11.9 Å². The van der Waals surface area contributed by atoms with Crippen molar-refractivity contribution >= 4 is 17.4 Å². The van der Waals surface area contributed by atoms with Gasteiger partial charge in [-0.1, -0.05) is 0 Å². The van der Waals surface area contributed by atoms with Gasteiger partial charge in [0.05, 0.1) is 12.8 Å². The number of ether oxygens (including phenoxy) is 1. The SMILES string of the molecule is Cc1cc(F)cnc1C(=O)Nc1ccc(F)c([C@]2(C)CO[C@@](C)(C(F)(F)F)C(N)=N2)c1. The molecule has 2 heterocycles. The number of amides is 1. The molecule has 3 rings (SSSR count). The molecule has 0 bridgehead atoms. The van der Waals surface area contributed by atoms with Crippen LogP contribution in [0.1, 0.15) is 35.5 Å². The maximum atomic E-state index is 14.6. The third-order valence-corrected chi connectivity index (χ3v) is 5.10. The minimum absolute atomic E-state index is 0.0392. The molecule has 2 aromatic rings. The molecule has 1 aliphatic rings. The Labute approximate surface area is 174 Å². The van der Waals surface area contributed by atoms with E-state index in [1.807, 2.05) is 0 Å². The van der Waals surface area contributed by atoms with Crippen molar-refractivity contribution in [1.82, 2.24) is 4.98 Å². The van der Waals surface area contributed by atoms with Gasteiger partial charge in [0.25, 0.3) is 5.91 Å². The Morgan fingerprint density at radius 3 is 2.48 bits per heavy atom. The van der Waals surface area contributed by atoms with Gasteiger partial charge in [0.15, 0.2) is 0 Å². The molecule has 0 fully saturated rings. The first-order valence-electron chi connectivity index (χ1n) is 9.07. The number of carbonyl (C=O) groups is 1. The average Bonchev–Trinajstić information content (AvgIpc) is 2.65. The first kappa shape index (κ1) is 22.6. The first-order valence-corrected chi connectivity index (χ1v) is 9.07. The Hall–Kier alpha value is -3.08. The number of anilines is 1. The molecule has 1 aliphatic heterocycles. The number of aromatic nitrogens is 1. The molecule has 6 nitrogen and oxygen atoms in total. The number of halogens is 5. The maximum absolute atomic E-state index is 14.6. The highest BCUT2D eigenvalue weighted by Crippen LogP contribution is 2.41. The molecule has 0 spiro atoms. The number of pyridine rings is 1. The van der Waals surface area contributed by atoms with E-state index in [9.17, 15) is 26.7 Å². The van der Waals surface area contributed by atoms with Gasteiger partial charge >= 0.3 is 6.18 Å². The second-order valence-corrected chi connectivity index (χ2v) is 7.56. The van der Waals surface area contributed by atoms with Gasteiger partial charge in [-0.3, -0.25) is 9.79 Å². The van der Waals surface area contributed by atoms with Crippen LogP contribution in [-0.4, -0.2) is 35.1 Å². The smallest absolute Gasteiger partial charge is 0.385 e. The van der Waals surface area contributed by atoms with E-state index in [-0.39, 0.29) is 22.5 Å². The fraction of sp³-hybridized carbons (Fsp3) is 0.350. The molecule has 3 N–H and O–H groups in total. The summed E-state index contributed by atoms with van der Waals surface area (Å²) in [5.41, 5.74) is 1.46. The molecular weight excluding hydrogens is 423 g/mol. The van der Waals surface area contributed by atoms with Crippen molar-refractivity contribution in [3.63, 3.8) is 0 Å². The highest BCUT2D eigenvalue weighted by molar-refractivity contribution is 6.03. The molecule has 0 radical (unpaired) electrons. The van der Waals surface area contributed by atoms with Crippen molar-refractivity contribution < 1.29 is 31.5 Å². The minimum atomic E-state index is -4.81. The highest BCUT2D eigenvalue weighted by atomic mass is 19.4. The predicted octanol–water partition coefficient (Wildman–Crippen LogP) is 3.84. The summed E-state index contributed by atoms with van der Waals surface area (Å²) < 4.78 is 72.7. The number of rotatable bonds is 3. The van der Waals surface area contributed by atoms with Gasteiger partial charge in [0.1, 0.15) is 28.7 Å². The van der Waals surface area contributed by atoms with Crippen LogP contribution in [0.2, 0.25) is 0 Å². The molecule has 1 aromatic heterocycles. The van der Waals surface area contributed by atoms with Gasteiger partial charge in [-0.25, -0.2) is 13.8 Å². The van der Waals surface area contributed by atoms with E-state index in [4.69, 9.17) is 10.5 Å². The Kier molecular flexibility index (Phi) is 5.51. The monoisotopic (exact) mass is 442 g/mol. The number of hydrogen-bond acceptors (Lipinski definition) is 5. The largest absolute Gasteiger partial charge is 0.424 e. The van der Waals surface area contributed by atoms with E-state index in [2.05, 4.69) is 15.3 Å². The molecule has 11 heteroatoms. The lowest BCUT2D eigenvalue weighted by atomic mass is 9.89. The van der Waals surface area contributed by atoms with E-state index >= 15 is 0 Å². The Morgan fingerprint density at radius 1 is 1.23 bits per heavy atom. The lowest BCUT2D eigenvalue weighted by molar-refractivity contribution is -0.249. The summed E-state index contributed by atoms with van der Waals surface area (Å²) in [4.78, 5) is 20.1. The lowest BCUT2D eigenvalue weighted by Crippen LogP contribution is -2.60. The topological polar surface area (TPSA) is 89.6 Å². The average molecular weight is 442 g/mol. The summed E-state index contributed by atoms with van der Waals surface area (Å²) in [5, 5.41) is 2.50. The van der Waals surface area contributed by atoms with Crippen molar-refractivity contribution in [1.29, 1.82) is 0 Å². The Bertz CT molecular complexity index is 1070. The third-order valence-electron chi connectivity index (χ3n) is 5.10. The van der Waals surface area contributed by atoms with Crippen LogP contribution >= 0.6 is 0 Å².